The molecule has 2 rings (SSSR count). The Labute approximate surface area is 126 Å². The molecular weight excluding hydrogens is 296 g/mol. The van der Waals surface area contributed by atoms with E-state index in [4.69, 9.17) is 17.3 Å². The van der Waals surface area contributed by atoms with Gasteiger partial charge in [-0.25, -0.2) is 4.98 Å². The minimum atomic E-state index is -0.477. The van der Waals surface area contributed by atoms with Crippen LogP contribution in [0.2, 0.25) is 5.28 Å². The lowest BCUT2D eigenvalue weighted by molar-refractivity contribution is -0.116. The van der Waals surface area contributed by atoms with Crippen LogP contribution in [0, 0.1) is 5.92 Å². The standard InChI is InChI=1S/C11H15ClN8O/c1-7(2)3-19(4-8(13)21)10-16-9(12)17-11(18-10)20-6-14-5-15-20/h5-7H,3-4H2,1-2H3,(H2,13,21). The van der Waals surface area contributed by atoms with E-state index in [1.165, 1.54) is 17.3 Å². The molecule has 0 aliphatic carbocycles. The molecule has 0 fully saturated rings. The molecule has 0 spiro atoms. The number of rotatable bonds is 6. The Morgan fingerprint density at radius 1 is 1.43 bits per heavy atom. The van der Waals surface area contributed by atoms with Gasteiger partial charge in [0.05, 0.1) is 6.54 Å². The molecule has 2 aromatic heterocycles. The van der Waals surface area contributed by atoms with Crippen molar-refractivity contribution in [3.05, 3.63) is 17.9 Å². The third-order valence-corrected chi connectivity index (χ3v) is 2.59. The predicted molar refractivity (Wildman–Crippen MR) is 76.0 cm³/mol. The van der Waals surface area contributed by atoms with Crippen LogP contribution in [-0.2, 0) is 4.79 Å². The Morgan fingerprint density at radius 3 is 2.76 bits per heavy atom. The average molecular weight is 311 g/mol. The van der Waals surface area contributed by atoms with Crippen LogP contribution in [0.1, 0.15) is 13.8 Å². The molecule has 2 heterocycles. The van der Waals surface area contributed by atoms with E-state index in [-0.39, 0.29) is 29.6 Å². The van der Waals surface area contributed by atoms with Crippen LogP contribution in [-0.4, -0.2) is 48.7 Å². The van der Waals surface area contributed by atoms with Crippen LogP contribution >= 0.6 is 11.6 Å². The summed E-state index contributed by atoms with van der Waals surface area (Å²) in [5.41, 5.74) is 5.26. The van der Waals surface area contributed by atoms with Gasteiger partial charge in [0, 0.05) is 6.54 Å². The second-order valence-electron chi connectivity index (χ2n) is 4.79. The van der Waals surface area contributed by atoms with Gasteiger partial charge in [-0.15, -0.1) is 0 Å². The van der Waals surface area contributed by atoms with Gasteiger partial charge in [0.1, 0.15) is 12.7 Å². The normalized spacial score (nSPS) is 10.9. The highest BCUT2D eigenvalue weighted by Gasteiger charge is 2.17. The molecule has 0 aliphatic rings. The molecule has 0 radical (unpaired) electrons. The number of amides is 1. The molecular formula is C11H15ClN8O. The molecule has 2 aromatic rings. The SMILES string of the molecule is CC(C)CN(CC(N)=O)c1nc(Cl)nc(-n2cncn2)n1. The van der Waals surface area contributed by atoms with Crippen molar-refractivity contribution in [1.29, 1.82) is 0 Å². The first-order valence-corrected chi connectivity index (χ1v) is 6.63. The topological polar surface area (TPSA) is 116 Å². The molecule has 0 saturated heterocycles. The van der Waals surface area contributed by atoms with Gasteiger partial charge in [0.15, 0.2) is 0 Å². The molecule has 0 atom stereocenters. The fraction of sp³-hybridized carbons (Fsp3) is 0.455. The van der Waals surface area contributed by atoms with Crippen molar-refractivity contribution >= 4 is 23.5 Å². The zero-order valence-electron chi connectivity index (χ0n) is 11.6. The van der Waals surface area contributed by atoms with Crippen LogP contribution in [0.3, 0.4) is 0 Å². The minimum absolute atomic E-state index is 0.00345. The molecule has 0 unspecified atom stereocenters. The smallest absolute Gasteiger partial charge is 0.258 e. The van der Waals surface area contributed by atoms with Crippen molar-refractivity contribution in [3.8, 4) is 5.95 Å². The maximum absolute atomic E-state index is 11.2. The van der Waals surface area contributed by atoms with E-state index in [1.807, 2.05) is 13.8 Å². The van der Waals surface area contributed by atoms with Crippen LogP contribution in [0.25, 0.3) is 5.95 Å². The number of nitrogens with zero attached hydrogens (tertiary/aromatic N) is 7. The van der Waals surface area contributed by atoms with Crippen molar-refractivity contribution in [2.45, 2.75) is 13.8 Å². The first kappa shape index (κ1) is 15.1. The van der Waals surface area contributed by atoms with Crippen molar-refractivity contribution in [3.63, 3.8) is 0 Å². The summed E-state index contributed by atoms with van der Waals surface area (Å²) in [5, 5.41) is 3.94. The molecule has 0 saturated carbocycles. The number of aromatic nitrogens is 6. The highest BCUT2D eigenvalue weighted by atomic mass is 35.5. The van der Waals surface area contributed by atoms with Crippen molar-refractivity contribution in [1.82, 2.24) is 29.7 Å². The summed E-state index contributed by atoms with van der Waals surface area (Å²) in [4.78, 5) is 29.0. The van der Waals surface area contributed by atoms with Gasteiger partial charge in [-0.05, 0) is 17.5 Å². The second-order valence-corrected chi connectivity index (χ2v) is 5.12. The maximum Gasteiger partial charge on any atom is 0.258 e. The van der Waals surface area contributed by atoms with Crippen LogP contribution in [0.15, 0.2) is 12.7 Å². The largest absolute Gasteiger partial charge is 0.368 e. The van der Waals surface area contributed by atoms with Crippen LogP contribution in [0.4, 0.5) is 5.95 Å². The fourth-order valence-electron chi connectivity index (χ4n) is 1.73. The number of carbonyl (C=O) groups is 1. The summed E-state index contributed by atoms with van der Waals surface area (Å²) in [5.74, 6) is 0.304. The van der Waals surface area contributed by atoms with Gasteiger partial charge >= 0.3 is 0 Å². The first-order chi connectivity index (χ1) is 9.95. The van der Waals surface area contributed by atoms with E-state index in [0.29, 0.717) is 6.54 Å². The Morgan fingerprint density at radius 2 is 2.19 bits per heavy atom. The summed E-state index contributed by atoms with van der Waals surface area (Å²) < 4.78 is 1.36. The average Bonchev–Trinajstić information content (AvgIpc) is 2.90. The van der Waals surface area contributed by atoms with E-state index in [2.05, 4.69) is 25.0 Å². The molecule has 10 heteroatoms. The minimum Gasteiger partial charge on any atom is -0.368 e. The fourth-order valence-corrected chi connectivity index (χ4v) is 1.88. The number of hydrogen-bond donors (Lipinski definition) is 1. The molecule has 21 heavy (non-hydrogen) atoms. The number of nitrogens with two attached hydrogens (primary N) is 1. The van der Waals surface area contributed by atoms with Gasteiger partial charge < -0.3 is 10.6 Å². The van der Waals surface area contributed by atoms with E-state index < -0.39 is 5.91 Å². The zero-order valence-corrected chi connectivity index (χ0v) is 12.4. The van der Waals surface area contributed by atoms with Gasteiger partial charge in [-0.2, -0.15) is 24.7 Å². The second kappa shape index (κ2) is 6.44. The Kier molecular flexibility index (Phi) is 4.63. The van der Waals surface area contributed by atoms with Crippen LogP contribution < -0.4 is 10.6 Å². The predicted octanol–water partition coefficient (Wildman–Crippen LogP) is 0.0534. The van der Waals surface area contributed by atoms with Crippen LogP contribution in [0.5, 0.6) is 0 Å². The highest BCUT2D eigenvalue weighted by molar-refractivity contribution is 6.28. The lowest BCUT2D eigenvalue weighted by Crippen LogP contribution is -2.37. The highest BCUT2D eigenvalue weighted by Crippen LogP contribution is 2.14. The van der Waals surface area contributed by atoms with E-state index in [9.17, 15) is 4.79 Å². The molecule has 112 valence electrons. The number of carbonyl (C=O) groups excluding carboxylic acids is 1. The van der Waals surface area contributed by atoms with Gasteiger partial charge in [0.2, 0.25) is 17.1 Å². The van der Waals surface area contributed by atoms with Gasteiger partial charge in [-0.1, -0.05) is 13.8 Å². The zero-order chi connectivity index (χ0) is 15.4. The first-order valence-electron chi connectivity index (χ1n) is 6.25. The molecule has 0 aliphatic heterocycles. The Bertz CT molecular complexity index is 615. The lowest BCUT2D eigenvalue weighted by Gasteiger charge is -2.23. The monoisotopic (exact) mass is 310 g/mol. The Hall–Kier alpha value is -2.29. The maximum atomic E-state index is 11.2. The third kappa shape index (κ3) is 4.09. The quantitative estimate of drug-likeness (QED) is 0.801. The molecule has 1 amide bonds. The molecule has 2 N–H and O–H groups in total. The van der Waals surface area contributed by atoms with Crippen molar-refractivity contribution in [2.24, 2.45) is 11.7 Å². The van der Waals surface area contributed by atoms with E-state index in [0.717, 1.165) is 0 Å². The summed E-state index contributed by atoms with van der Waals surface area (Å²) in [6, 6.07) is 0. The summed E-state index contributed by atoms with van der Waals surface area (Å²) in [6.45, 7) is 4.57. The summed E-state index contributed by atoms with van der Waals surface area (Å²) in [6.07, 6.45) is 2.79. The molecule has 9 nitrogen and oxygen atoms in total. The molecule has 0 aromatic carbocycles. The number of halogens is 1. The van der Waals surface area contributed by atoms with Crippen molar-refractivity contribution < 1.29 is 4.79 Å². The van der Waals surface area contributed by atoms with Crippen molar-refractivity contribution in [2.75, 3.05) is 18.0 Å². The van der Waals surface area contributed by atoms with E-state index >= 15 is 0 Å². The number of hydrogen-bond acceptors (Lipinski definition) is 7. The number of primary amides is 1. The van der Waals surface area contributed by atoms with Gasteiger partial charge in [0.25, 0.3) is 5.95 Å². The lowest BCUT2D eigenvalue weighted by atomic mass is 10.2. The molecule has 0 bridgehead atoms. The summed E-state index contributed by atoms with van der Waals surface area (Å²) in [7, 11) is 0. The third-order valence-electron chi connectivity index (χ3n) is 2.42. The van der Waals surface area contributed by atoms with E-state index in [1.54, 1.807) is 4.90 Å². The Balaban J connectivity index is 2.37. The van der Waals surface area contributed by atoms with Gasteiger partial charge in [-0.3, -0.25) is 4.79 Å². The number of anilines is 1. The summed E-state index contributed by atoms with van der Waals surface area (Å²) >= 11 is 5.92.